The number of ether oxygens (including phenoxy) is 1. The zero-order chi connectivity index (χ0) is 11.4. The minimum atomic E-state index is -0.192. The number of hydrogen-bond donors (Lipinski definition) is 1. The van der Waals surface area contributed by atoms with Gasteiger partial charge in [-0.1, -0.05) is 24.6 Å². The third-order valence-corrected chi connectivity index (χ3v) is 4.42. The summed E-state index contributed by atoms with van der Waals surface area (Å²) in [6.07, 6.45) is 5.54. The molecular weight excluding hydrogens is 224 g/mol. The van der Waals surface area contributed by atoms with Crippen molar-refractivity contribution in [3.05, 3.63) is 0 Å². The van der Waals surface area contributed by atoms with Crippen LogP contribution in [0, 0.1) is 0 Å². The van der Waals surface area contributed by atoms with Crippen molar-refractivity contribution < 1.29 is 9.53 Å². The van der Waals surface area contributed by atoms with Crippen molar-refractivity contribution in [1.82, 2.24) is 5.32 Å². The molecule has 0 unspecified atom stereocenters. The van der Waals surface area contributed by atoms with Crippen LogP contribution in [-0.4, -0.2) is 36.1 Å². The van der Waals surface area contributed by atoms with Crippen LogP contribution in [-0.2, 0) is 9.53 Å². The monoisotopic (exact) mass is 242 g/mol. The molecule has 2 aliphatic rings. The molecular formula is C11H18N2O2S. The smallest absolute Gasteiger partial charge is 0.307 e. The first-order valence-corrected chi connectivity index (χ1v) is 6.75. The van der Waals surface area contributed by atoms with Gasteiger partial charge in [0.2, 0.25) is 0 Å². The van der Waals surface area contributed by atoms with Gasteiger partial charge in [0.05, 0.1) is 20.1 Å². The standard InChI is InChI=1S/C11H18N2O2S/c1-15-9(14)4-7-12-10-13-11(8-16-10)5-2-3-6-11/h2-8H2,1H3,(H,12,13). The third kappa shape index (κ3) is 2.70. The molecule has 4 nitrogen and oxygen atoms in total. The molecule has 0 aromatic carbocycles. The van der Waals surface area contributed by atoms with Gasteiger partial charge in [-0.3, -0.25) is 9.79 Å². The number of thioether (sulfide) groups is 1. The minimum Gasteiger partial charge on any atom is -0.469 e. The van der Waals surface area contributed by atoms with Gasteiger partial charge in [-0.15, -0.1) is 0 Å². The molecule has 16 heavy (non-hydrogen) atoms. The number of rotatable bonds is 3. The van der Waals surface area contributed by atoms with E-state index in [0.717, 1.165) is 10.9 Å². The molecule has 90 valence electrons. The Balaban J connectivity index is 1.79. The quantitative estimate of drug-likeness (QED) is 0.763. The van der Waals surface area contributed by atoms with Gasteiger partial charge in [0.25, 0.3) is 0 Å². The van der Waals surface area contributed by atoms with Crippen molar-refractivity contribution in [2.45, 2.75) is 37.6 Å². The van der Waals surface area contributed by atoms with Crippen LogP contribution >= 0.6 is 11.8 Å². The molecule has 0 atom stereocenters. The van der Waals surface area contributed by atoms with Crippen LogP contribution in [0.4, 0.5) is 0 Å². The SMILES string of the molecule is COC(=O)CCN=C1NC2(CCCC2)CS1. The van der Waals surface area contributed by atoms with Gasteiger partial charge in [0.1, 0.15) is 0 Å². The van der Waals surface area contributed by atoms with E-state index in [1.807, 2.05) is 0 Å². The van der Waals surface area contributed by atoms with Gasteiger partial charge < -0.3 is 10.1 Å². The molecule has 1 N–H and O–H groups in total. The number of amidine groups is 1. The van der Waals surface area contributed by atoms with E-state index >= 15 is 0 Å². The van der Waals surface area contributed by atoms with Gasteiger partial charge in [-0.25, -0.2) is 0 Å². The minimum absolute atomic E-state index is 0.192. The van der Waals surface area contributed by atoms with Crippen LogP contribution in [0.3, 0.4) is 0 Å². The maximum absolute atomic E-state index is 10.9. The average Bonchev–Trinajstić information content (AvgIpc) is 2.90. The largest absolute Gasteiger partial charge is 0.469 e. The highest BCUT2D eigenvalue weighted by Gasteiger charge is 2.39. The maximum Gasteiger partial charge on any atom is 0.307 e. The molecule has 0 amide bonds. The van der Waals surface area contributed by atoms with E-state index in [4.69, 9.17) is 0 Å². The lowest BCUT2D eigenvalue weighted by molar-refractivity contribution is -0.140. The predicted octanol–water partition coefficient (Wildman–Crippen LogP) is 1.55. The molecule has 0 aromatic rings. The lowest BCUT2D eigenvalue weighted by Gasteiger charge is -2.21. The van der Waals surface area contributed by atoms with Crippen molar-refractivity contribution in [3.8, 4) is 0 Å². The number of carbonyl (C=O) groups excluding carboxylic acids is 1. The Labute approximate surface area is 100 Å². The molecule has 1 heterocycles. The van der Waals surface area contributed by atoms with Gasteiger partial charge in [-0.2, -0.15) is 0 Å². The second kappa shape index (κ2) is 5.08. The van der Waals surface area contributed by atoms with E-state index in [1.165, 1.54) is 32.8 Å². The lowest BCUT2D eigenvalue weighted by Crippen LogP contribution is -2.40. The first-order valence-electron chi connectivity index (χ1n) is 5.76. The number of aliphatic imine (C=N–C) groups is 1. The molecule has 5 heteroatoms. The lowest BCUT2D eigenvalue weighted by atomic mass is 10.0. The molecule has 0 bridgehead atoms. The second-order valence-electron chi connectivity index (χ2n) is 4.41. The van der Waals surface area contributed by atoms with Gasteiger partial charge in [-0.05, 0) is 12.8 Å². The summed E-state index contributed by atoms with van der Waals surface area (Å²) in [6.45, 7) is 0.526. The number of esters is 1. The van der Waals surface area contributed by atoms with Crippen LogP contribution in [0.5, 0.6) is 0 Å². The van der Waals surface area contributed by atoms with Gasteiger partial charge >= 0.3 is 5.97 Å². The van der Waals surface area contributed by atoms with E-state index in [2.05, 4.69) is 15.0 Å². The zero-order valence-corrected chi connectivity index (χ0v) is 10.4. The van der Waals surface area contributed by atoms with Crippen LogP contribution in [0.15, 0.2) is 4.99 Å². The van der Waals surface area contributed by atoms with Crippen LogP contribution in [0.25, 0.3) is 0 Å². The summed E-state index contributed by atoms with van der Waals surface area (Å²) in [5.41, 5.74) is 0.314. The Bertz CT molecular complexity index is 298. The third-order valence-electron chi connectivity index (χ3n) is 3.22. The summed E-state index contributed by atoms with van der Waals surface area (Å²) >= 11 is 1.78. The highest BCUT2D eigenvalue weighted by Crippen LogP contribution is 2.37. The zero-order valence-electron chi connectivity index (χ0n) is 9.62. The van der Waals surface area contributed by atoms with Crippen molar-refractivity contribution in [2.75, 3.05) is 19.4 Å². The molecule has 1 spiro atoms. The normalized spacial score (nSPS) is 24.9. The highest BCUT2D eigenvalue weighted by atomic mass is 32.2. The Morgan fingerprint density at radius 2 is 2.31 bits per heavy atom. The van der Waals surface area contributed by atoms with E-state index < -0.39 is 0 Å². The molecule has 1 saturated heterocycles. The van der Waals surface area contributed by atoms with Crippen LogP contribution in [0.1, 0.15) is 32.1 Å². The van der Waals surface area contributed by atoms with Gasteiger partial charge in [0, 0.05) is 11.3 Å². The Morgan fingerprint density at radius 1 is 1.56 bits per heavy atom. The Morgan fingerprint density at radius 3 is 3.00 bits per heavy atom. The maximum atomic E-state index is 10.9. The molecule has 2 rings (SSSR count). The Kier molecular flexibility index (Phi) is 3.74. The van der Waals surface area contributed by atoms with E-state index in [0.29, 0.717) is 18.5 Å². The molecule has 2 fully saturated rings. The van der Waals surface area contributed by atoms with E-state index in [1.54, 1.807) is 11.8 Å². The van der Waals surface area contributed by atoms with Gasteiger partial charge in [0.15, 0.2) is 5.17 Å². The van der Waals surface area contributed by atoms with Crippen molar-refractivity contribution >= 4 is 22.9 Å². The summed E-state index contributed by atoms with van der Waals surface area (Å²) < 4.78 is 4.57. The first-order chi connectivity index (χ1) is 7.74. The Hall–Kier alpha value is -0.710. The van der Waals surface area contributed by atoms with Crippen LogP contribution < -0.4 is 5.32 Å². The predicted molar refractivity (Wildman–Crippen MR) is 65.7 cm³/mol. The summed E-state index contributed by atoms with van der Waals surface area (Å²) in [7, 11) is 1.41. The average molecular weight is 242 g/mol. The first kappa shape index (κ1) is 11.8. The molecule has 1 aliphatic heterocycles. The molecule has 1 saturated carbocycles. The van der Waals surface area contributed by atoms with Crippen LogP contribution in [0.2, 0.25) is 0 Å². The molecule has 1 aliphatic carbocycles. The number of carbonyl (C=O) groups is 1. The van der Waals surface area contributed by atoms with Crippen molar-refractivity contribution in [1.29, 1.82) is 0 Å². The fourth-order valence-corrected chi connectivity index (χ4v) is 3.51. The fraction of sp³-hybridized carbons (Fsp3) is 0.818. The summed E-state index contributed by atoms with van der Waals surface area (Å²) in [4.78, 5) is 15.3. The van der Waals surface area contributed by atoms with Crippen molar-refractivity contribution in [3.63, 3.8) is 0 Å². The second-order valence-corrected chi connectivity index (χ2v) is 5.38. The van der Waals surface area contributed by atoms with E-state index in [-0.39, 0.29) is 5.97 Å². The number of hydrogen-bond acceptors (Lipinski definition) is 4. The number of methoxy groups -OCH3 is 1. The fourth-order valence-electron chi connectivity index (χ4n) is 2.26. The van der Waals surface area contributed by atoms with E-state index in [9.17, 15) is 4.79 Å². The highest BCUT2D eigenvalue weighted by molar-refractivity contribution is 8.14. The molecule has 0 radical (unpaired) electrons. The number of nitrogens with one attached hydrogen (secondary N) is 1. The summed E-state index contributed by atoms with van der Waals surface area (Å²) in [5.74, 6) is 0.937. The van der Waals surface area contributed by atoms with Crippen molar-refractivity contribution in [2.24, 2.45) is 4.99 Å². The topological polar surface area (TPSA) is 50.7 Å². The molecule has 0 aromatic heterocycles. The summed E-state index contributed by atoms with van der Waals surface area (Å²) in [5, 5.41) is 4.52. The number of nitrogens with zero attached hydrogens (tertiary/aromatic N) is 1. The summed E-state index contributed by atoms with van der Waals surface area (Å²) in [6, 6.07) is 0.